The van der Waals surface area contributed by atoms with E-state index in [2.05, 4.69) is 25.9 Å². The first kappa shape index (κ1) is 11.7. The van der Waals surface area contributed by atoms with Gasteiger partial charge in [-0.3, -0.25) is 20.0 Å². The van der Waals surface area contributed by atoms with E-state index < -0.39 is 11.8 Å². The number of amides is 2. The Hall–Kier alpha value is -2.77. The quantitative estimate of drug-likeness (QED) is 0.680. The second-order valence-corrected chi connectivity index (χ2v) is 3.31. The molecule has 0 radical (unpaired) electrons. The Morgan fingerprint density at radius 1 is 1.17 bits per heavy atom. The minimum Gasteiger partial charge on any atom is -0.342 e. The number of carbonyl (C=O) groups excluding carboxylic acids is 2. The standard InChI is InChI=1S/C10H10N6O2/c17-9(10(18)15-16-6-13-14-7-16)12-5-8-3-1-2-4-11-8/h1-4,6-7H,5H2,(H,12,17)(H,15,18). The molecule has 2 heterocycles. The van der Waals surface area contributed by atoms with E-state index >= 15 is 0 Å². The van der Waals surface area contributed by atoms with E-state index in [1.165, 1.54) is 17.3 Å². The van der Waals surface area contributed by atoms with Crippen LogP contribution in [-0.4, -0.2) is 31.7 Å². The maximum absolute atomic E-state index is 11.4. The average molecular weight is 246 g/mol. The van der Waals surface area contributed by atoms with Crippen LogP contribution in [0.4, 0.5) is 0 Å². The molecule has 8 nitrogen and oxygen atoms in total. The summed E-state index contributed by atoms with van der Waals surface area (Å²) < 4.78 is 1.18. The summed E-state index contributed by atoms with van der Waals surface area (Å²) in [7, 11) is 0. The molecule has 2 aromatic rings. The van der Waals surface area contributed by atoms with E-state index in [1.807, 2.05) is 0 Å². The van der Waals surface area contributed by atoms with Crippen molar-refractivity contribution in [3.8, 4) is 0 Å². The number of nitrogens with one attached hydrogen (secondary N) is 2. The van der Waals surface area contributed by atoms with Crippen molar-refractivity contribution < 1.29 is 9.59 Å². The van der Waals surface area contributed by atoms with Gasteiger partial charge >= 0.3 is 11.8 Å². The van der Waals surface area contributed by atoms with Crippen molar-refractivity contribution in [2.24, 2.45) is 0 Å². The van der Waals surface area contributed by atoms with Gasteiger partial charge in [0.15, 0.2) is 0 Å². The molecule has 2 rings (SSSR count). The fourth-order valence-electron chi connectivity index (χ4n) is 1.18. The number of nitrogens with zero attached hydrogens (tertiary/aromatic N) is 4. The van der Waals surface area contributed by atoms with Crippen molar-refractivity contribution in [3.05, 3.63) is 42.7 Å². The number of hydrogen-bond donors (Lipinski definition) is 2. The summed E-state index contributed by atoms with van der Waals surface area (Å²) in [6.45, 7) is 0.190. The fourth-order valence-corrected chi connectivity index (χ4v) is 1.18. The first-order valence-electron chi connectivity index (χ1n) is 5.09. The summed E-state index contributed by atoms with van der Waals surface area (Å²) in [4.78, 5) is 26.9. The van der Waals surface area contributed by atoms with Crippen LogP contribution in [0.25, 0.3) is 0 Å². The molecule has 18 heavy (non-hydrogen) atoms. The molecule has 92 valence electrons. The van der Waals surface area contributed by atoms with E-state index in [1.54, 1.807) is 24.4 Å². The van der Waals surface area contributed by atoms with E-state index in [-0.39, 0.29) is 6.54 Å². The molecule has 0 aliphatic rings. The predicted molar refractivity (Wildman–Crippen MR) is 60.5 cm³/mol. The van der Waals surface area contributed by atoms with E-state index in [0.29, 0.717) is 5.69 Å². The average Bonchev–Trinajstić information content (AvgIpc) is 2.90. The van der Waals surface area contributed by atoms with Crippen LogP contribution in [0.3, 0.4) is 0 Å². The van der Waals surface area contributed by atoms with Crippen LogP contribution in [0.1, 0.15) is 5.69 Å². The smallest absolute Gasteiger partial charge is 0.328 e. The third kappa shape index (κ3) is 3.11. The summed E-state index contributed by atoms with van der Waals surface area (Å²) in [5.41, 5.74) is 2.95. The number of pyridine rings is 1. The highest BCUT2D eigenvalue weighted by Crippen LogP contribution is 1.91. The Balaban J connectivity index is 1.83. The van der Waals surface area contributed by atoms with Gasteiger partial charge in [0.2, 0.25) is 0 Å². The lowest BCUT2D eigenvalue weighted by atomic mass is 10.3. The normalized spacial score (nSPS) is 9.78. The first-order valence-corrected chi connectivity index (χ1v) is 5.09. The van der Waals surface area contributed by atoms with Gasteiger partial charge in [0.05, 0.1) is 12.2 Å². The van der Waals surface area contributed by atoms with Crippen molar-refractivity contribution in [1.29, 1.82) is 0 Å². The number of hydrogen-bond acceptors (Lipinski definition) is 5. The summed E-state index contributed by atoms with van der Waals surface area (Å²) in [6, 6.07) is 5.31. The van der Waals surface area contributed by atoms with Gasteiger partial charge in [-0.1, -0.05) is 6.07 Å². The first-order chi connectivity index (χ1) is 8.75. The summed E-state index contributed by atoms with van der Waals surface area (Å²) in [6.07, 6.45) is 4.15. The van der Waals surface area contributed by atoms with Crippen molar-refractivity contribution in [2.75, 3.05) is 5.43 Å². The Morgan fingerprint density at radius 3 is 2.61 bits per heavy atom. The molecule has 0 saturated carbocycles. The van der Waals surface area contributed by atoms with Crippen LogP contribution in [-0.2, 0) is 16.1 Å². The molecule has 2 aromatic heterocycles. The summed E-state index contributed by atoms with van der Waals surface area (Å²) >= 11 is 0. The largest absolute Gasteiger partial charge is 0.342 e. The maximum Gasteiger partial charge on any atom is 0.328 e. The Labute approximate surface area is 102 Å². The molecule has 0 aromatic carbocycles. The van der Waals surface area contributed by atoms with Gasteiger partial charge in [-0.2, -0.15) is 0 Å². The zero-order valence-corrected chi connectivity index (χ0v) is 9.28. The van der Waals surface area contributed by atoms with Crippen LogP contribution >= 0.6 is 0 Å². The minimum atomic E-state index is -0.800. The highest BCUT2D eigenvalue weighted by Gasteiger charge is 2.13. The molecule has 0 aliphatic heterocycles. The van der Waals surface area contributed by atoms with Crippen LogP contribution in [0.5, 0.6) is 0 Å². The zero-order valence-electron chi connectivity index (χ0n) is 9.28. The van der Waals surface area contributed by atoms with Gasteiger partial charge in [-0.25, -0.2) is 4.68 Å². The topological polar surface area (TPSA) is 102 Å². The summed E-state index contributed by atoms with van der Waals surface area (Å²) in [5.74, 6) is -1.56. The number of rotatable bonds is 3. The fraction of sp³-hybridized carbons (Fsp3) is 0.100. The van der Waals surface area contributed by atoms with Crippen molar-refractivity contribution >= 4 is 11.8 Å². The Morgan fingerprint density at radius 2 is 1.94 bits per heavy atom. The number of aromatic nitrogens is 4. The van der Waals surface area contributed by atoms with E-state index in [9.17, 15) is 9.59 Å². The molecule has 0 spiro atoms. The van der Waals surface area contributed by atoms with Crippen molar-refractivity contribution in [1.82, 2.24) is 25.2 Å². The molecule has 0 saturated heterocycles. The molecule has 2 amide bonds. The second-order valence-electron chi connectivity index (χ2n) is 3.31. The lowest BCUT2D eigenvalue weighted by molar-refractivity contribution is -0.136. The van der Waals surface area contributed by atoms with Gasteiger partial charge in [-0.15, -0.1) is 10.2 Å². The molecule has 0 aliphatic carbocycles. The van der Waals surface area contributed by atoms with Crippen LogP contribution < -0.4 is 10.7 Å². The minimum absolute atomic E-state index is 0.190. The lowest BCUT2D eigenvalue weighted by Gasteiger charge is -2.05. The third-order valence-electron chi connectivity index (χ3n) is 2.01. The van der Waals surface area contributed by atoms with E-state index in [0.717, 1.165) is 0 Å². The lowest BCUT2D eigenvalue weighted by Crippen LogP contribution is -2.38. The zero-order chi connectivity index (χ0) is 12.8. The SMILES string of the molecule is O=C(NCc1ccccn1)C(=O)Nn1cnnc1. The summed E-state index contributed by atoms with van der Waals surface area (Å²) in [5, 5.41) is 9.41. The van der Waals surface area contributed by atoms with Gasteiger partial charge in [-0.05, 0) is 12.1 Å². The van der Waals surface area contributed by atoms with Crippen LogP contribution in [0, 0.1) is 0 Å². The molecule has 8 heteroatoms. The highest BCUT2D eigenvalue weighted by atomic mass is 16.2. The number of carbonyl (C=O) groups is 2. The van der Waals surface area contributed by atoms with Gasteiger partial charge in [0.1, 0.15) is 12.7 Å². The van der Waals surface area contributed by atoms with Crippen molar-refractivity contribution in [3.63, 3.8) is 0 Å². The van der Waals surface area contributed by atoms with Crippen LogP contribution in [0.2, 0.25) is 0 Å². The Kier molecular flexibility index (Phi) is 3.59. The third-order valence-corrected chi connectivity index (χ3v) is 2.01. The van der Waals surface area contributed by atoms with Gasteiger partial charge in [0.25, 0.3) is 0 Å². The molecule has 0 fully saturated rings. The van der Waals surface area contributed by atoms with Gasteiger partial charge < -0.3 is 5.32 Å². The molecular formula is C10H10N6O2. The molecule has 2 N–H and O–H groups in total. The predicted octanol–water partition coefficient (Wildman–Crippen LogP) is -0.940. The molecule has 0 bridgehead atoms. The van der Waals surface area contributed by atoms with Crippen molar-refractivity contribution in [2.45, 2.75) is 6.54 Å². The highest BCUT2D eigenvalue weighted by molar-refractivity contribution is 6.38. The molecule has 0 unspecified atom stereocenters. The molecule has 0 atom stereocenters. The maximum atomic E-state index is 11.4. The second kappa shape index (κ2) is 5.53. The van der Waals surface area contributed by atoms with Gasteiger partial charge in [0, 0.05) is 6.20 Å². The monoisotopic (exact) mass is 246 g/mol. The Bertz CT molecular complexity index is 525. The van der Waals surface area contributed by atoms with Crippen LogP contribution in [0.15, 0.2) is 37.1 Å². The molecular weight excluding hydrogens is 236 g/mol. The van der Waals surface area contributed by atoms with E-state index in [4.69, 9.17) is 0 Å².